The number of nitrogens with one attached hydrogen (secondary N) is 1. The van der Waals surface area contributed by atoms with Crippen LogP contribution in [0.1, 0.15) is 5.82 Å². The van der Waals surface area contributed by atoms with E-state index in [-0.39, 0.29) is 0 Å². The van der Waals surface area contributed by atoms with Crippen molar-refractivity contribution in [1.29, 1.82) is 0 Å². The van der Waals surface area contributed by atoms with Crippen LogP contribution >= 0.6 is 0 Å². The Morgan fingerprint density at radius 2 is 2.29 bits per heavy atom. The minimum Gasteiger partial charge on any atom is -0.497 e. The summed E-state index contributed by atoms with van der Waals surface area (Å²) in [5, 5.41) is 7.34. The van der Waals surface area contributed by atoms with Gasteiger partial charge in [0.05, 0.1) is 25.0 Å². The smallest absolute Gasteiger partial charge is 0.169 e. The Kier molecular flexibility index (Phi) is 3.13. The van der Waals surface area contributed by atoms with Crippen LogP contribution in [0.15, 0.2) is 24.5 Å². The highest BCUT2D eigenvalue weighted by atomic mass is 16.5. The number of anilines is 2. The van der Waals surface area contributed by atoms with E-state index in [0.29, 0.717) is 12.2 Å². The summed E-state index contributed by atoms with van der Waals surface area (Å²) in [6.45, 7) is 0.526. The Labute approximate surface area is 99.4 Å². The van der Waals surface area contributed by atoms with Crippen molar-refractivity contribution in [2.45, 2.75) is 6.54 Å². The number of hydrogen-bond donors (Lipinski definition) is 2. The van der Waals surface area contributed by atoms with Crippen molar-refractivity contribution in [3.8, 4) is 5.75 Å². The summed E-state index contributed by atoms with van der Waals surface area (Å²) < 4.78 is 6.79. The Hall–Kier alpha value is -2.24. The fourth-order valence-electron chi connectivity index (χ4n) is 1.45. The van der Waals surface area contributed by atoms with Crippen LogP contribution in [-0.4, -0.2) is 21.9 Å². The van der Waals surface area contributed by atoms with Crippen LogP contribution in [-0.2, 0) is 13.6 Å². The lowest BCUT2D eigenvalue weighted by molar-refractivity contribution is 0.415. The zero-order chi connectivity index (χ0) is 12.3. The molecule has 0 bridgehead atoms. The highest BCUT2D eigenvalue weighted by Gasteiger charge is 2.03. The van der Waals surface area contributed by atoms with Crippen molar-refractivity contribution >= 4 is 11.4 Å². The third kappa shape index (κ3) is 2.66. The maximum atomic E-state index is 5.85. The molecule has 2 rings (SSSR count). The highest BCUT2D eigenvalue weighted by Crippen LogP contribution is 2.24. The van der Waals surface area contributed by atoms with Gasteiger partial charge in [0.2, 0.25) is 0 Å². The first kappa shape index (κ1) is 11.3. The number of aryl methyl sites for hydroxylation is 1. The molecule has 3 N–H and O–H groups in total. The molecule has 0 aliphatic carbocycles. The highest BCUT2D eigenvalue weighted by molar-refractivity contribution is 5.68. The number of nitrogen functional groups attached to an aromatic ring is 1. The molecule has 0 saturated carbocycles. The molecule has 6 nitrogen and oxygen atoms in total. The first-order valence-corrected chi connectivity index (χ1v) is 5.21. The maximum Gasteiger partial charge on any atom is 0.169 e. The topological polar surface area (TPSA) is 78.0 Å². The van der Waals surface area contributed by atoms with E-state index < -0.39 is 0 Å². The van der Waals surface area contributed by atoms with Crippen LogP contribution in [0.3, 0.4) is 0 Å². The lowest BCUT2D eigenvalue weighted by Gasteiger charge is -2.09. The van der Waals surface area contributed by atoms with Gasteiger partial charge in [-0.3, -0.25) is 4.68 Å². The van der Waals surface area contributed by atoms with Gasteiger partial charge >= 0.3 is 0 Å². The number of nitrogens with zero attached hydrogens (tertiary/aromatic N) is 3. The molecule has 1 aromatic heterocycles. The summed E-state index contributed by atoms with van der Waals surface area (Å²) in [7, 11) is 3.45. The molecule has 2 aromatic rings. The van der Waals surface area contributed by atoms with E-state index in [1.54, 1.807) is 24.2 Å². The number of nitrogens with two attached hydrogens (primary N) is 1. The van der Waals surface area contributed by atoms with E-state index in [9.17, 15) is 0 Å². The minimum absolute atomic E-state index is 0.526. The zero-order valence-corrected chi connectivity index (χ0v) is 9.84. The third-order valence-corrected chi connectivity index (χ3v) is 2.34. The molecule has 0 saturated heterocycles. The molecule has 0 unspecified atom stereocenters. The summed E-state index contributed by atoms with van der Waals surface area (Å²) >= 11 is 0. The molecule has 1 heterocycles. The van der Waals surface area contributed by atoms with Gasteiger partial charge in [-0.2, -0.15) is 5.10 Å². The van der Waals surface area contributed by atoms with Crippen LogP contribution in [0.2, 0.25) is 0 Å². The molecule has 1 aromatic carbocycles. The average Bonchev–Trinajstić information content (AvgIpc) is 2.74. The summed E-state index contributed by atoms with van der Waals surface area (Å²) in [5.74, 6) is 1.48. The van der Waals surface area contributed by atoms with Gasteiger partial charge < -0.3 is 15.8 Å². The summed E-state index contributed by atoms with van der Waals surface area (Å²) in [4.78, 5) is 4.12. The van der Waals surface area contributed by atoms with E-state index in [1.807, 2.05) is 19.2 Å². The summed E-state index contributed by atoms with van der Waals surface area (Å²) in [5.41, 5.74) is 7.33. The summed E-state index contributed by atoms with van der Waals surface area (Å²) in [6.07, 6.45) is 1.66. The van der Waals surface area contributed by atoms with E-state index >= 15 is 0 Å². The van der Waals surface area contributed by atoms with Gasteiger partial charge in [0.1, 0.15) is 12.1 Å². The predicted molar refractivity (Wildman–Crippen MR) is 65.7 cm³/mol. The second-order valence-electron chi connectivity index (χ2n) is 3.64. The Morgan fingerprint density at radius 3 is 2.94 bits per heavy atom. The third-order valence-electron chi connectivity index (χ3n) is 2.34. The van der Waals surface area contributed by atoms with Crippen molar-refractivity contribution in [1.82, 2.24) is 14.8 Å². The fourth-order valence-corrected chi connectivity index (χ4v) is 1.45. The predicted octanol–water partition coefficient (Wildman–Crippen LogP) is 1.02. The molecule has 6 heteroatoms. The van der Waals surface area contributed by atoms with E-state index in [2.05, 4.69) is 15.4 Å². The van der Waals surface area contributed by atoms with Crippen LogP contribution in [0.25, 0.3) is 0 Å². The Balaban J connectivity index is 2.07. The van der Waals surface area contributed by atoms with Gasteiger partial charge in [-0.25, -0.2) is 4.98 Å². The quantitative estimate of drug-likeness (QED) is 0.771. The summed E-state index contributed by atoms with van der Waals surface area (Å²) in [6, 6.07) is 5.46. The van der Waals surface area contributed by atoms with Gasteiger partial charge in [0.15, 0.2) is 5.82 Å². The molecule has 0 aliphatic rings. The standard InChI is InChI=1S/C11H15N5O/c1-16-7-14-11(15-16)6-13-10-5-8(17-2)3-4-9(10)12/h3-5,7,13H,6,12H2,1-2H3. The van der Waals surface area contributed by atoms with Gasteiger partial charge in [-0.05, 0) is 12.1 Å². The van der Waals surface area contributed by atoms with E-state index in [4.69, 9.17) is 10.5 Å². The molecule has 0 radical (unpaired) electrons. The molecule has 17 heavy (non-hydrogen) atoms. The molecule has 0 spiro atoms. The maximum absolute atomic E-state index is 5.85. The molecular weight excluding hydrogens is 218 g/mol. The Bertz CT molecular complexity index is 508. The number of ether oxygens (including phenoxy) is 1. The van der Waals surface area contributed by atoms with Gasteiger partial charge in [0, 0.05) is 13.1 Å². The number of methoxy groups -OCH3 is 1. The zero-order valence-electron chi connectivity index (χ0n) is 9.84. The van der Waals surface area contributed by atoms with Crippen molar-refractivity contribution in [3.05, 3.63) is 30.4 Å². The number of aromatic nitrogens is 3. The van der Waals surface area contributed by atoms with Crippen molar-refractivity contribution in [3.63, 3.8) is 0 Å². The van der Waals surface area contributed by atoms with Gasteiger partial charge in [-0.15, -0.1) is 0 Å². The lowest BCUT2D eigenvalue weighted by Crippen LogP contribution is -2.04. The van der Waals surface area contributed by atoms with Gasteiger partial charge in [-0.1, -0.05) is 0 Å². The number of rotatable bonds is 4. The first-order valence-electron chi connectivity index (χ1n) is 5.21. The van der Waals surface area contributed by atoms with Crippen LogP contribution in [0.5, 0.6) is 5.75 Å². The van der Waals surface area contributed by atoms with Crippen LogP contribution < -0.4 is 15.8 Å². The molecular formula is C11H15N5O. The second-order valence-corrected chi connectivity index (χ2v) is 3.64. The Morgan fingerprint density at radius 1 is 1.47 bits per heavy atom. The average molecular weight is 233 g/mol. The van der Waals surface area contributed by atoms with Gasteiger partial charge in [0.25, 0.3) is 0 Å². The SMILES string of the molecule is COc1ccc(N)c(NCc2ncn(C)n2)c1. The molecule has 0 aliphatic heterocycles. The lowest BCUT2D eigenvalue weighted by atomic mass is 10.2. The van der Waals surface area contributed by atoms with Crippen molar-refractivity contribution < 1.29 is 4.74 Å². The molecule has 90 valence electrons. The van der Waals surface area contributed by atoms with E-state index in [1.165, 1.54) is 0 Å². The largest absolute Gasteiger partial charge is 0.497 e. The number of benzene rings is 1. The second kappa shape index (κ2) is 4.73. The monoisotopic (exact) mass is 233 g/mol. The number of hydrogen-bond acceptors (Lipinski definition) is 5. The van der Waals surface area contributed by atoms with E-state index in [0.717, 1.165) is 17.3 Å². The molecule has 0 atom stereocenters. The molecule has 0 amide bonds. The molecule has 0 fully saturated rings. The van der Waals surface area contributed by atoms with Crippen LogP contribution in [0, 0.1) is 0 Å². The van der Waals surface area contributed by atoms with Crippen molar-refractivity contribution in [2.24, 2.45) is 7.05 Å². The first-order chi connectivity index (χ1) is 8.19. The van der Waals surface area contributed by atoms with Crippen LogP contribution in [0.4, 0.5) is 11.4 Å². The normalized spacial score (nSPS) is 10.2. The fraction of sp³-hybridized carbons (Fsp3) is 0.273. The van der Waals surface area contributed by atoms with Crippen molar-refractivity contribution in [2.75, 3.05) is 18.2 Å². The minimum atomic E-state index is 0.526.